The van der Waals surface area contributed by atoms with E-state index < -0.39 is 0 Å². The second-order valence-electron chi connectivity index (χ2n) is 3.76. The minimum absolute atomic E-state index is 0.547. The van der Waals surface area contributed by atoms with Crippen molar-refractivity contribution in [2.24, 2.45) is 0 Å². The first kappa shape index (κ1) is 11.1. The standard InChI is InChI=1S/C11H9BrN6/c1-7-8(11-13-16-17-14-11)6-18(15-7)10-5-3-2-4-9(10)12/h2-6H,1H3,(H,13,14,16,17). The van der Waals surface area contributed by atoms with Crippen molar-refractivity contribution in [2.45, 2.75) is 6.92 Å². The quantitative estimate of drug-likeness (QED) is 0.787. The van der Waals surface area contributed by atoms with Crippen LogP contribution in [0, 0.1) is 6.92 Å². The van der Waals surface area contributed by atoms with Gasteiger partial charge in [-0.15, -0.1) is 10.2 Å². The number of aromatic nitrogens is 6. The lowest BCUT2D eigenvalue weighted by molar-refractivity contribution is 0.859. The number of nitrogens with zero attached hydrogens (tertiary/aromatic N) is 5. The lowest BCUT2D eigenvalue weighted by Gasteiger charge is -2.02. The van der Waals surface area contributed by atoms with Gasteiger partial charge in [-0.25, -0.2) is 4.68 Å². The Morgan fingerprint density at radius 3 is 2.83 bits per heavy atom. The number of benzene rings is 1. The summed E-state index contributed by atoms with van der Waals surface area (Å²) in [5.41, 5.74) is 2.68. The Morgan fingerprint density at radius 1 is 1.28 bits per heavy atom. The summed E-state index contributed by atoms with van der Waals surface area (Å²) in [5.74, 6) is 0.547. The zero-order valence-corrected chi connectivity index (χ0v) is 11.1. The molecule has 3 rings (SSSR count). The lowest BCUT2D eigenvalue weighted by Crippen LogP contribution is -1.95. The Balaban J connectivity index is 2.11. The summed E-state index contributed by atoms with van der Waals surface area (Å²) in [6, 6.07) is 7.88. The third-order valence-electron chi connectivity index (χ3n) is 2.58. The molecule has 0 spiro atoms. The Kier molecular flexibility index (Phi) is 2.67. The Bertz CT molecular complexity index is 673. The molecule has 0 radical (unpaired) electrons. The van der Waals surface area contributed by atoms with Crippen molar-refractivity contribution in [3.05, 3.63) is 40.6 Å². The van der Waals surface area contributed by atoms with E-state index >= 15 is 0 Å². The highest BCUT2D eigenvalue weighted by atomic mass is 79.9. The Hall–Kier alpha value is -2.02. The first-order valence-electron chi connectivity index (χ1n) is 5.30. The van der Waals surface area contributed by atoms with Gasteiger partial charge in [-0.3, -0.25) is 0 Å². The van der Waals surface area contributed by atoms with Gasteiger partial charge in [-0.1, -0.05) is 12.1 Å². The highest BCUT2D eigenvalue weighted by Crippen LogP contribution is 2.24. The molecule has 0 aliphatic carbocycles. The van der Waals surface area contributed by atoms with E-state index in [9.17, 15) is 0 Å². The number of hydrogen-bond acceptors (Lipinski definition) is 4. The summed E-state index contributed by atoms with van der Waals surface area (Å²) in [4.78, 5) is 0. The van der Waals surface area contributed by atoms with Crippen molar-refractivity contribution >= 4 is 15.9 Å². The highest BCUT2D eigenvalue weighted by molar-refractivity contribution is 9.10. The molecule has 6 nitrogen and oxygen atoms in total. The summed E-state index contributed by atoms with van der Waals surface area (Å²) < 4.78 is 2.78. The van der Waals surface area contributed by atoms with Crippen molar-refractivity contribution in [3.8, 4) is 17.1 Å². The molecule has 3 aromatic rings. The molecule has 0 aliphatic heterocycles. The average molecular weight is 305 g/mol. The Labute approximate surface area is 111 Å². The van der Waals surface area contributed by atoms with Crippen LogP contribution < -0.4 is 0 Å². The highest BCUT2D eigenvalue weighted by Gasteiger charge is 2.13. The first-order chi connectivity index (χ1) is 8.75. The van der Waals surface area contributed by atoms with E-state index in [0.717, 1.165) is 21.4 Å². The second-order valence-corrected chi connectivity index (χ2v) is 4.61. The molecule has 0 atom stereocenters. The molecule has 0 unspecified atom stereocenters. The molecule has 90 valence electrons. The van der Waals surface area contributed by atoms with Gasteiger partial charge >= 0.3 is 0 Å². The van der Waals surface area contributed by atoms with Crippen molar-refractivity contribution in [1.82, 2.24) is 30.4 Å². The van der Waals surface area contributed by atoms with Gasteiger partial charge in [0.1, 0.15) is 0 Å². The average Bonchev–Trinajstić information content (AvgIpc) is 2.98. The SMILES string of the molecule is Cc1nn(-c2ccccc2Br)cc1-c1nn[nH]n1. The van der Waals surface area contributed by atoms with E-state index in [2.05, 4.69) is 41.7 Å². The maximum atomic E-state index is 4.46. The fourth-order valence-corrected chi connectivity index (χ4v) is 2.18. The van der Waals surface area contributed by atoms with Crippen LogP contribution in [0.25, 0.3) is 17.1 Å². The molecule has 7 heteroatoms. The van der Waals surface area contributed by atoms with Crippen LogP contribution in [0.2, 0.25) is 0 Å². The monoisotopic (exact) mass is 304 g/mol. The largest absolute Gasteiger partial charge is 0.239 e. The number of rotatable bonds is 2. The molecule has 2 heterocycles. The molecule has 0 bridgehead atoms. The minimum Gasteiger partial charge on any atom is -0.239 e. The number of halogens is 1. The number of H-pyrrole nitrogens is 1. The van der Waals surface area contributed by atoms with E-state index in [1.54, 1.807) is 4.68 Å². The number of para-hydroxylation sites is 1. The van der Waals surface area contributed by atoms with Crippen LogP contribution in [-0.2, 0) is 0 Å². The molecule has 0 saturated heterocycles. The predicted octanol–water partition coefficient (Wildman–Crippen LogP) is 2.12. The lowest BCUT2D eigenvalue weighted by atomic mass is 10.2. The van der Waals surface area contributed by atoms with Crippen LogP contribution in [-0.4, -0.2) is 30.4 Å². The Morgan fingerprint density at radius 2 is 2.11 bits per heavy atom. The molecule has 0 fully saturated rings. The molecular formula is C11H9BrN6. The summed E-state index contributed by atoms with van der Waals surface area (Å²) in [5, 5.41) is 18.4. The van der Waals surface area contributed by atoms with Gasteiger partial charge in [0, 0.05) is 10.7 Å². The van der Waals surface area contributed by atoms with Gasteiger partial charge in [-0.05, 0) is 40.2 Å². The van der Waals surface area contributed by atoms with Crippen molar-refractivity contribution in [1.29, 1.82) is 0 Å². The molecule has 1 aromatic carbocycles. The number of hydrogen-bond donors (Lipinski definition) is 1. The zero-order valence-electron chi connectivity index (χ0n) is 9.50. The maximum Gasteiger partial charge on any atom is 0.208 e. The third-order valence-corrected chi connectivity index (χ3v) is 3.26. The molecule has 0 saturated carbocycles. The van der Waals surface area contributed by atoms with E-state index in [1.165, 1.54) is 0 Å². The van der Waals surface area contributed by atoms with Gasteiger partial charge in [-0.2, -0.15) is 10.3 Å². The zero-order chi connectivity index (χ0) is 12.5. The van der Waals surface area contributed by atoms with Crippen LogP contribution in [0.5, 0.6) is 0 Å². The molecule has 0 aliphatic rings. The fourth-order valence-electron chi connectivity index (χ4n) is 1.72. The summed E-state index contributed by atoms with van der Waals surface area (Å²) in [6.45, 7) is 1.92. The van der Waals surface area contributed by atoms with Crippen molar-refractivity contribution in [3.63, 3.8) is 0 Å². The first-order valence-corrected chi connectivity index (χ1v) is 6.10. The molecule has 0 amide bonds. The molecular weight excluding hydrogens is 296 g/mol. The number of aromatic amines is 1. The van der Waals surface area contributed by atoms with Crippen LogP contribution >= 0.6 is 15.9 Å². The van der Waals surface area contributed by atoms with E-state index in [4.69, 9.17) is 0 Å². The number of nitrogens with one attached hydrogen (secondary N) is 1. The molecule has 2 aromatic heterocycles. The van der Waals surface area contributed by atoms with Gasteiger partial charge in [0.05, 0.1) is 16.9 Å². The van der Waals surface area contributed by atoms with E-state index in [0.29, 0.717) is 5.82 Å². The smallest absolute Gasteiger partial charge is 0.208 e. The van der Waals surface area contributed by atoms with Crippen LogP contribution in [0.3, 0.4) is 0 Å². The van der Waals surface area contributed by atoms with Crippen molar-refractivity contribution in [2.75, 3.05) is 0 Å². The second kappa shape index (κ2) is 4.34. The van der Waals surface area contributed by atoms with E-state index in [-0.39, 0.29) is 0 Å². The van der Waals surface area contributed by atoms with Crippen LogP contribution in [0.1, 0.15) is 5.69 Å². The molecule has 1 N–H and O–H groups in total. The summed E-state index contributed by atoms with van der Waals surface area (Å²) in [7, 11) is 0. The maximum absolute atomic E-state index is 4.46. The van der Waals surface area contributed by atoms with Gasteiger partial charge in [0.25, 0.3) is 0 Å². The molecule has 18 heavy (non-hydrogen) atoms. The fraction of sp³-hybridized carbons (Fsp3) is 0.0909. The normalized spacial score (nSPS) is 10.8. The van der Waals surface area contributed by atoms with Gasteiger partial charge in [0.15, 0.2) is 0 Å². The van der Waals surface area contributed by atoms with Gasteiger partial charge < -0.3 is 0 Å². The van der Waals surface area contributed by atoms with Gasteiger partial charge in [0.2, 0.25) is 5.82 Å². The minimum atomic E-state index is 0.547. The number of aryl methyl sites for hydroxylation is 1. The third kappa shape index (κ3) is 1.82. The topological polar surface area (TPSA) is 72.3 Å². The van der Waals surface area contributed by atoms with Crippen molar-refractivity contribution < 1.29 is 0 Å². The van der Waals surface area contributed by atoms with Crippen LogP contribution in [0.15, 0.2) is 34.9 Å². The van der Waals surface area contributed by atoms with E-state index in [1.807, 2.05) is 37.4 Å². The summed E-state index contributed by atoms with van der Waals surface area (Å²) in [6.07, 6.45) is 1.89. The number of tetrazole rings is 1. The van der Waals surface area contributed by atoms with Crippen LogP contribution in [0.4, 0.5) is 0 Å². The predicted molar refractivity (Wildman–Crippen MR) is 69.2 cm³/mol. The summed E-state index contributed by atoms with van der Waals surface area (Å²) >= 11 is 3.50.